The molecule has 0 radical (unpaired) electrons. The molecule has 0 saturated carbocycles. The molecule has 4 nitrogen and oxygen atoms in total. The van der Waals surface area contributed by atoms with Gasteiger partial charge in [-0.05, 0) is 31.2 Å². The van der Waals surface area contributed by atoms with Crippen molar-refractivity contribution in [2.45, 2.75) is 39.5 Å². The number of hydrogen-bond acceptors (Lipinski definition) is 4. The van der Waals surface area contributed by atoms with Crippen LogP contribution in [-0.2, 0) is 0 Å². The predicted octanol–water partition coefficient (Wildman–Crippen LogP) is 2.39. The van der Waals surface area contributed by atoms with Crippen LogP contribution < -0.4 is 11.1 Å². The molecule has 1 atom stereocenters. The molecule has 0 aliphatic carbocycles. The topological polar surface area (TPSA) is 63.8 Å². The van der Waals surface area contributed by atoms with E-state index in [9.17, 15) is 0 Å². The minimum atomic E-state index is 0.441. The Kier molecular flexibility index (Phi) is 5.91. The second kappa shape index (κ2) is 7.22. The van der Waals surface area contributed by atoms with E-state index in [1.807, 2.05) is 6.07 Å². The Morgan fingerprint density at radius 1 is 1.29 bits per heavy atom. The van der Waals surface area contributed by atoms with Crippen LogP contribution in [0.5, 0.6) is 0 Å². The summed E-state index contributed by atoms with van der Waals surface area (Å²) in [4.78, 5) is 8.45. The second-order valence-electron chi connectivity index (χ2n) is 4.89. The van der Waals surface area contributed by atoms with Crippen molar-refractivity contribution >= 4 is 5.82 Å². The fourth-order valence-corrected chi connectivity index (χ4v) is 1.57. The molecule has 0 bridgehead atoms. The quantitative estimate of drug-likeness (QED) is 0.713. The SMILES string of the molecule is CC(CN)CCCNc1cc(C(C)C)ncn1. The lowest BCUT2D eigenvalue weighted by Crippen LogP contribution is -2.12. The van der Waals surface area contributed by atoms with E-state index < -0.39 is 0 Å². The average molecular weight is 236 g/mol. The van der Waals surface area contributed by atoms with E-state index in [0.717, 1.165) is 37.4 Å². The van der Waals surface area contributed by atoms with Gasteiger partial charge in [-0.1, -0.05) is 20.8 Å². The molecule has 4 heteroatoms. The van der Waals surface area contributed by atoms with Gasteiger partial charge in [-0.2, -0.15) is 0 Å². The van der Waals surface area contributed by atoms with Gasteiger partial charge in [-0.3, -0.25) is 0 Å². The molecule has 1 aromatic heterocycles. The Hall–Kier alpha value is -1.16. The zero-order valence-electron chi connectivity index (χ0n) is 11.1. The van der Waals surface area contributed by atoms with Gasteiger partial charge < -0.3 is 11.1 Å². The van der Waals surface area contributed by atoms with Gasteiger partial charge in [-0.25, -0.2) is 9.97 Å². The fraction of sp³-hybridized carbons (Fsp3) is 0.692. The largest absolute Gasteiger partial charge is 0.370 e. The monoisotopic (exact) mass is 236 g/mol. The lowest BCUT2D eigenvalue weighted by atomic mass is 10.1. The number of nitrogens with zero attached hydrogens (tertiary/aromatic N) is 2. The van der Waals surface area contributed by atoms with Crippen molar-refractivity contribution in [2.24, 2.45) is 11.7 Å². The Morgan fingerprint density at radius 2 is 2.06 bits per heavy atom. The molecule has 1 unspecified atom stereocenters. The fourth-order valence-electron chi connectivity index (χ4n) is 1.57. The molecule has 0 aliphatic rings. The highest BCUT2D eigenvalue weighted by Crippen LogP contribution is 2.13. The maximum atomic E-state index is 5.58. The van der Waals surface area contributed by atoms with Gasteiger partial charge in [0.05, 0.1) is 0 Å². The zero-order valence-corrected chi connectivity index (χ0v) is 11.1. The Labute approximate surface area is 104 Å². The summed E-state index contributed by atoms with van der Waals surface area (Å²) < 4.78 is 0. The molecular weight excluding hydrogens is 212 g/mol. The molecule has 0 saturated heterocycles. The molecule has 1 aromatic rings. The van der Waals surface area contributed by atoms with Gasteiger partial charge in [0.25, 0.3) is 0 Å². The number of nitrogens with one attached hydrogen (secondary N) is 1. The van der Waals surface area contributed by atoms with Crippen molar-refractivity contribution in [1.29, 1.82) is 0 Å². The van der Waals surface area contributed by atoms with E-state index >= 15 is 0 Å². The Balaban J connectivity index is 2.34. The smallest absolute Gasteiger partial charge is 0.129 e. The van der Waals surface area contributed by atoms with Crippen LogP contribution >= 0.6 is 0 Å². The van der Waals surface area contributed by atoms with Gasteiger partial charge in [-0.15, -0.1) is 0 Å². The van der Waals surface area contributed by atoms with Crippen LogP contribution in [0.1, 0.15) is 45.2 Å². The summed E-state index contributed by atoms with van der Waals surface area (Å²) in [7, 11) is 0. The number of anilines is 1. The molecular formula is C13H24N4. The molecule has 0 aliphatic heterocycles. The van der Waals surface area contributed by atoms with E-state index in [-0.39, 0.29) is 0 Å². The van der Waals surface area contributed by atoms with Crippen molar-refractivity contribution in [2.75, 3.05) is 18.4 Å². The van der Waals surface area contributed by atoms with Crippen molar-refractivity contribution in [3.63, 3.8) is 0 Å². The summed E-state index contributed by atoms with van der Waals surface area (Å²) in [6.45, 7) is 8.16. The highest BCUT2D eigenvalue weighted by Gasteiger charge is 2.03. The standard InChI is InChI=1S/C13H24N4/c1-10(2)12-7-13(17-9-16-12)15-6-4-5-11(3)8-14/h7,9-11H,4-6,8,14H2,1-3H3,(H,15,16,17). The molecule has 0 amide bonds. The summed E-state index contributed by atoms with van der Waals surface area (Å²) in [5.41, 5.74) is 6.66. The summed E-state index contributed by atoms with van der Waals surface area (Å²) >= 11 is 0. The number of aromatic nitrogens is 2. The third kappa shape index (κ3) is 5.13. The summed E-state index contributed by atoms with van der Waals surface area (Å²) in [5.74, 6) is 1.97. The van der Waals surface area contributed by atoms with Gasteiger partial charge in [0.2, 0.25) is 0 Å². The number of rotatable bonds is 7. The lowest BCUT2D eigenvalue weighted by Gasteiger charge is -2.10. The molecule has 0 spiro atoms. The van der Waals surface area contributed by atoms with E-state index in [4.69, 9.17) is 5.73 Å². The number of nitrogens with two attached hydrogens (primary N) is 1. The van der Waals surface area contributed by atoms with E-state index in [2.05, 4.69) is 36.1 Å². The average Bonchev–Trinajstić information content (AvgIpc) is 2.34. The van der Waals surface area contributed by atoms with Crippen LogP contribution in [-0.4, -0.2) is 23.1 Å². The molecule has 1 rings (SSSR count). The minimum Gasteiger partial charge on any atom is -0.370 e. The zero-order chi connectivity index (χ0) is 12.7. The Bertz CT molecular complexity index is 325. The van der Waals surface area contributed by atoms with Gasteiger partial charge >= 0.3 is 0 Å². The molecule has 17 heavy (non-hydrogen) atoms. The van der Waals surface area contributed by atoms with Gasteiger partial charge in [0.15, 0.2) is 0 Å². The van der Waals surface area contributed by atoms with Crippen molar-refractivity contribution < 1.29 is 0 Å². The van der Waals surface area contributed by atoms with Crippen LogP contribution in [0.25, 0.3) is 0 Å². The maximum absolute atomic E-state index is 5.58. The molecule has 0 fully saturated rings. The maximum Gasteiger partial charge on any atom is 0.129 e. The third-order valence-corrected chi connectivity index (χ3v) is 2.86. The van der Waals surface area contributed by atoms with Crippen LogP contribution in [0.4, 0.5) is 5.82 Å². The third-order valence-electron chi connectivity index (χ3n) is 2.86. The first-order chi connectivity index (χ1) is 8.13. The first kappa shape index (κ1) is 13.9. The lowest BCUT2D eigenvalue weighted by molar-refractivity contribution is 0.529. The summed E-state index contributed by atoms with van der Waals surface area (Å²) in [6.07, 6.45) is 3.91. The van der Waals surface area contributed by atoms with Crippen molar-refractivity contribution in [3.05, 3.63) is 18.1 Å². The van der Waals surface area contributed by atoms with E-state index in [1.165, 1.54) is 0 Å². The van der Waals surface area contributed by atoms with Crippen molar-refractivity contribution in [1.82, 2.24) is 9.97 Å². The van der Waals surface area contributed by atoms with E-state index in [1.54, 1.807) is 6.33 Å². The van der Waals surface area contributed by atoms with Crippen LogP contribution in [0.3, 0.4) is 0 Å². The van der Waals surface area contributed by atoms with Gasteiger partial charge in [0, 0.05) is 18.3 Å². The minimum absolute atomic E-state index is 0.441. The van der Waals surface area contributed by atoms with Gasteiger partial charge in [0.1, 0.15) is 12.1 Å². The van der Waals surface area contributed by atoms with Crippen LogP contribution in [0.15, 0.2) is 12.4 Å². The highest BCUT2D eigenvalue weighted by molar-refractivity contribution is 5.35. The summed E-state index contributed by atoms with van der Waals surface area (Å²) in [6, 6.07) is 2.02. The van der Waals surface area contributed by atoms with Crippen LogP contribution in [0.2, 0.25) is 0 Å². The normalized spacial score (nSPS) is 12.8. The molecule has 1 heterocycles. The summed E-state index contributed by atoms with van der Waals surface area (Å²) in [5, 5.41) is 3.33. The molecule has 0 aromatic carbocycles. The van der Waals surface area contributed by atoms with Crippen molar-refractivity contribution in [3.8, 4) is 0 Å². The van der Waals surface area contributed by atoms with E-state index in [0.29, 0.717) is 11.8 Å². The highest BCUT2D eigenvalue weighted by atomic mass is 15.0. The second-order valence-corrected chi connectivity index (χ2v) is 4.89. The molecule has 96 valence electrons. The molecule has 3 N–H and O–H groups in total. The van der Waals surface area contributed by atoms with Crippen LogP contribution in [0, 0.1) is 5.92 Å². The first-order valence-corrected chi connectivity index (χ1v) is 6.39. The Morgan fingerprint density at radius 3 is 2.71 bits per heavy atom. The first-order valence-electron chi connectivity index (χ1n) is 6.39. The number of hydrogen-bond donors (Lipinski definition) is 2. The predicted molar refractivity (Wildman–Crippen MR) is 72.1 cm³/mol.